The van der Waals surface area contributed by atoms with E-state index in [2.05, 4.69) is 52.2 Å². The average Bonchev–Trinajstić information content (AvgIpc) is 2.66. The second kappa shape index (κ2) is 10.5. The molecule has 2 aromatic rings. The van der Waals surface area contributed by atoms with E-state index in [1.807, 2.05) is 26.2 Å². The molecule has 0 aliphatic rings. The first-order chi connectivity index (χ1) is 13.0. The van der Waals surface area contributed by atoms with Crippen molar-refractivity contribution in [3.05, 3.63) is 53.2 Å². The summed E-state index contributed by atoms with van der Waals surface area (Å²) in [7, 11) is 4.02. The molecule has 1 heterocycles. The molecule has 6 heteroatoms. The van der Waals surface area contributed by atoms with Gasteiger partial charge >= 0.3 is 0 Å². The first-order valence-corrected chi connectivity index (χ1v) is 9.43. The molecule has 6 nitrogen and oxygen atoms in total. The van der Waals surface area contributed by atoms with Crippen molar-refractivity contribution in [2.75, 3.05) is 32.6 Å². The number of aryl methyl sites for hydroxylation is 2. The molecule has 1 aromatic carbocycles. The molecule has 27 heavy (non-hydrogen) atoms. The van der Waals surface area contributed by atoms with Gasteiger partial charge in [-0.15, -0.1) is 0 Å². The maximum Gasteiger partial charge on any atom is 0.213 e. The fourth-order valence-corrected chi connectivity index (χ4v) is 2.71. The summed E-state index contributed by atoms with van der Waals surface area (Å²) in [6, 6.07) is 10.2. The van der Waals surface area contributed by atoms with E-state index in [1.165, 1.54) is 11.1 Å². The number of aliphatic imine (C=N–C) groups is 1. The lowest BCUT2D eigenvalue weighted by Crippen LogP contribution is -2.24. The highest BCUT2D eigenvalue weighted by molar-refractivity contribution is 5.93. The molecular formula is C21H31N5O. The fourth-order valence-electron chi connectivity index (χ4n) is 2.71. The summed E-state index contributed by atoms with van der Waals surface area (Å²) in [5, 5.41) is 3.29. The Morgan fingerprint density at radius 1 is 1.19 bits per heavy atom. The molecule has 0 aliphatic heterocycles. The maximum absolute atomic E-state index is 6.14. The van der Waals surface area contributed by atoms with Crippen molar-refractivity contribution in [3.63, 3.8) is 0 Å². The number of likely N-dealkylation sites (N-methyl/N-ethyl adjacent to an activating group) is 1. The van der Waals surface area contributed by atoms with Crippen molar-refractivity contribution in [1.29, 1.82) is 0 Å². The third kappa shape index (κ3) is 6.57. The van der Waals surface area contributed by atoms with Gasteiger partial charge in [0.1, 0.15) is 6.61 Å². The van der Waals surface area contributed by atoms with Crippen LogP contribution in [0.15, 0.2) is 41.5 Å². The Labute approximate surface area is 162 Å². The molecule has 0 saturated carbocycles. The minimum Gasteiger partial charge on any atom is -0.476 e. The molecule has 0 unspecified atom stereocenters. The number of hydrogen-bond acceptors (Lipinski definition) is 4. The summed E-state index contributed by atoms with van der Waals surface area (Å²) < 4.78 is 5.67. The van der Waals surface area contributed by atoms with E-state index in [0.717, 1.165) is 30.6 Å². The lowest BCUT2D eigenvalue weighted by atomic mass is 10.0. The summed E-state index contributed by atoms with van der Waals surface area (Å²) in [6.45, 7) is 6.20. The van der Waals surface area contributed by atoms with Crippen molar-refractivity contribution in [3.8, 4) is 5.88 Å². The smallest absolute Gasteiger partial charge is 0.213 e. The predicted octanol–water partition coefficient (Wildman–Crippen LogP) is 3.07. The molecule has 3 N–H and O–H groups in total. The zero-order chi connectivity index (χ0) is 19.6. The van der Waals surface area contributed by atoms with Crippen LogP contribution in [-0.2, 0) is 19.4 Å². The first kappa shape index (κ1) is 20.7. The third-order valence-electron chi connectivity index (χ3n) is 4.27. The molecule has 0 fully saturated rings. The molecule has 2 rings (SSSR count). The molecule has 0 aliphatic carbocycles. The molecule has 0 spiro atoms. The number of rotatable bonds is 9. The fraction of sp³-hybridized carbons (Fsp3) is 0.429. The molecule has 1 aromatic heterocycles. The largest absolute Gasteiger partial charge is 0.476 e. The number of nitrogens with two attached hydrogens (primary N) is 1. The van der Waals surface area contributed by atoms with Crippen LogP contribution in [0.3, 0.4) is 0 Å². The van der Waals surface area contributed by atoms with E-state index < -0.39 is 0 Å². The minimum absolute atomic E-state index is 0.414. The van der Waals surface area contributed by atoms with E-state index in [4.69, 9.17) is 10.5 Å². The molecule has 146 valence electrons. The Morgan fingerprint density at radius 2 is 1.89 bits per heavy atom. The van der Waals surface area contributed by atoms with Gasteiger partial charge in [-0.2, -0.15) is 0 Å². The van der Waals surface area contributed by atoms with Gasteiger partial charge in [-0.25, -0.2) is 9.98 Å². The van der Waals surface area contributed by atoms with Gasteiger partial charge in [0.2, 0.25) is 5.88 Å². The number of pyridine rings is 1. The topological polar surface area (TPSA) is 75.8 Å². The average molecular weight is 370 g/mol. The second-order valence-corrected chi connectivity index (χ2v) is 6.64. The van der Waals surface area contributed by atoms with Crippen LogP contribution < -0.4 is 15.8 Å². The minimum atomic E-state index is 0.414. The molecule has 0 bridgehead atoms. The van der Waals surface area contributed by atoms with Gasteiger partial charge in [-0.3, -0.25) is 0 Å². The molecular weight excluding hydrogens is 338 g/mol. The number of para-hydroxylation sites is 1. The van der Waals surface area contributed by atoms with Gasteiger partial charge in [-0.05, 0) is 49.7 Å². The summed E-state index contributed by atoms with van der Waals surface area (Å²) in [6.07, 6.45) is 3.63. The van der Waals surface area contributed by atoms with Gasteiger partial charge < -0.3 is 20.7 Å². The highest BCUT2D eigenvalue weighted by Crippen LogP contribution is 2.22. The molecule has 0 atom stereocenters. The summed E-state index contributed by atoms with van der Waals surface area (Å²) in [5.41, 5.74) is 10.7. The Bertz CT molecular complexity index is 736. The van der Waals surface area contributed by atoms with Crippen LogP contribution in [0.4, 0.5) is 5.69 Å². The lowest BCUT2D eigenvalue weighted by Gasteiger charge is -2.15. The Kier molecular flexibility index (Phi) is 8.07. The number of aromatic nitrogens is 1. The van der Waals surface area contributed by atoms with Gasteiger partial charge in [0.15, 0.2) is 5.96 Å². The van der Waals surface area contributed by atoms with E-state index in [0.29, 0.717) is 25.0 Å². The van der Waals surface area contributed by atoms with Crippen LogP contribution in [-0.4, -0.2) is 43.1 Å². The van der Waals surface area contributed by atoms with Gasteiger partial charge in [0.05, 0.1) is 6.54 Å². The summed E-state index contributed by atoms with van der Waals surface area (Å²) in [4.78, 5) is 10.8. The SMILES string of the molecule is CCc1cccc(CC)c1NC(N)=NCc1ccnc(OCCN(C)C)c1. The first-order valence-electron chi connectivity index (χ1n) is 9.43. The van der Waals surface area contributed by atoms with Gasteiger partial charge in [0, 0.05) is 24.5 Å². The van der Waals surface area contributed by atoms with E-state index in [9.17, 15) is 0 Å². The van der Waals surface area contributed by atoms with Gasteiger partial charge in [0.25, 0.3) is 0 Å². The van der Waals surface area contributed by atoms with Crippen LogP contribution in [0.1, 0.15) is 30.5 Å². The monoisotopic (exact) mass is 369 g/mol. The highest BCUT2D eigenvalue weighted by Gasteiger charge is 2.07. The summed E-state index contributed by atoms with van der Waals surface area (Å²) in [5.74, 6) is 1.03. The molecule has 0 saturated heterocycles. The third-order valence-corrected chi connectivity index (χ3v) is 4.27. The maximum atomic E-state index is 6.14. The standard InChI is InChI=1S/C21H31N5O/c1-5-17-8-7-9-18(6-2)20(17)25-21(22)24-15-16-10-11-23-19(14-16)27-13-12-26(3)4/h7-11,14H,5-6,12-13,15H2,1-4H3,(H3,22,24,25). The quantitative estimate of drug-likeness (QED) is 0.525. The van der Waals surface area contributed by atoms with Crippen molar-refractivity contribution in [1.82, 2.24) is 9.88 Å². The number of hydrogen-bond donors (Lipinski definition) is 2. The van der Waals surface area contributed by atoms with Crippen LogP contribution in [0, 0.1) is 0 Å². The zero-order valence-electron chi connectivity index (χ0n) is 16.8. The van der Waals surface area contributed by atoms with Crippen molar-refractivity contribution < 1.29 is 4.74 Å². The normalized spacial score (nSPS) is 11.7. The second-order valence-electron chi connectivity index (χ2n) is 6.64. The molecule has 0 radical (unpaired) electrons. The van der Waals surface area contributed by atoms with E-state index in [1.54, 1.807) is 6.20 Å². The van der Waals surface area contributed by atoms with Crippen LogP contribution in [0.25, 0.3) is 0 Å². The van der Waals surface area contributed by atoms with Crippen molar-refractivity contribution in [2.45, 2.75) is 33.2 Å². The van der Waals surface area contributed by atoms with Crippen molar-refractivity contribution >= 4 is 11.6 Å². The summed E-state index contributed by atoms with van der Waals surface area (Å²) >= 11 is 0. The van der Waals surface area contributed by atoms with E-state index in [-0.39, 0.29) is 0 Å². The Balaban J connectivity index is 2.02. The van der Waals surface area contributed by atoms with Gasteiger partial charge in [-0.1, -0.05) is 32.0 Å². The number of benzene rings is 1. The van der Waals surface area contributed by atoms with E-state index >= 15 is 0 Å². The van der Waals surface area contributed by atoms with Crippen LogP contribution >= 0.6 is 0 Å². The number of anilines is 1. The molecule has 0 amide bonds. The number of nitrogens with one attached hydrogen (secondary N) is 1. The lowest BCUT2D eigenvalue weighted by molar-refractivity contribution is 0.253. The van der Waals surface area contributed by atoms with Crippen LogP contribution in [0.5, 0.6) is 5.88 Å². The van der Waals surface area contributed by atoms with Crippen molar-refractivity contribution in [2.24, 2.45) is 10.7 Å². The highest BCUT2D eigenvalue weighted by atomic mass is 16.5. The number of ether oxygens (including phenoxy) is 1. The zero-order valence-corrected chi connectivity index (χ0v) is 16.8. The van der Waals surface area contributed by atoms with Crippen LogP contribution in [0.2, 0.25) is 0 Å². The Morgan fingerprint density at radius 3 is 2.52 bits per heavy atom. The Hall–Kier alpha value is -2.60. The number of nitrogens with zero attached hydrogens (tertiary/aromatic N) is 3. The predicted molar refractivity (Wildman–Crippen MR) is 112 cm³/mol. The number of guanidine groups is 1.